The summed E-state index contributed by atoms with van der Waals surface area (Å²) in [6.45, 7) is 0. The summed E-state index contributed by atoms with van der Waals surface area (Å²) in [4.78, 5) is 20.5. The topological polar surface area (TPSA) is 41.6 Å². The number of rotatable bonds is 5. The van der Waals surface area contributed by atoms with E-state index in [0.29, 0.717) is 0 Å². The molecule has 4 aromatic carbocycles. The molecule has 1 amide bonds. The Bertz CT molecular complexity index is 1250. The molecule has 3 atom stereocenters. The Labute approximate surface area is 207 Å². The Hall–Kier alpha value is -3.67. The number of hydrogen-bond donors (Lipinski definition) is 1. The molecule has 2 saturated heterocycles. The molecule has 4 nitrogen and oxygen atoms in total. The fourth-order valence-electron chi connectivity index (χ4n) is 5.92. The van der Waals surface area contributed by atoms with Crippen molar-refractivity contribution >= 4 is 35.7 Å². The molecule has 5 heteroatoms. The zero-order chi connectivity index (χ0) is 23.7. The number of anilines is 2. The van der Waals surface area contributed by atoms with Crippen LogP contribution in [0.4, 0.5) is 11.4 Å². The highest BCUT2D eigenvalue weighted by Crippen LogP contribution is 2.46. The van der Waals surface area contributed by atoms with E-state index in [1.54, 1.807) is 0 Å². The first-order valence-electron chi connectivity index (χ1n) is 12.2. The Kier molecular flexibility index (Phi) is 5.72. The minimum Gasteiger partial charge on any atom is -0.324 e. The number of hydroxylamine groups is 1. The van der Waals surface area contributed by atoms with Gasteiger partial charge >= 0.3 is 0 Å². The molecule has 174 valence electrons. The average Bonchev–Trinajstić information content (AvgIpc) is 3.47. The summed E-state index contributed by atoms with van der Waals surface area (Å²) >= 11 is 0. The smallest absolute Gasteiger partial charge is 0.250 e. The largest absolute Gasteiger partial charge is 0.324 e. The number of para-hydroxylation sites is 2. The standard InChI is InChI=1S/C30H28N2O2Si/c33-30(31-23-13-5-1-6-14-23)29-27-21-35(25-17-9-3-10-18-25,26-19-11-4-12-20-26)22-28(27)34-32(29)24-15-7-2-8-16-24/h1-20,27-29H,21-22H2,(H,31,33). The van der Waals surface area contributed by atoms with Crippen LogP contribution in [-0.2, 0) is 9.63 Å². The maximum absolute atomic E-state index is 13.8. The number of nitrogens with zero attached hydrogens (tertiary/aromatic N) is 1. The lowest BCUT2D eigenvalue weighted by atomic mass is 9.97. The highest BCUT2D eigenvalue weighted by atomic mass is 28.3. The van der Waals surface area contributed by atoms with Crippen LogP contribution in [0.1, 0.15) is 0 Å². The first-order chi connectivity index (χ1) is 17.2. The molecule has 1 N–H and O–H groups in total. The summed E-state index contributed by atoms with van der Waals surface area (Å²) in [5.74, 6) is 0.0875. The van der Waals surface area contributed by atoms with Crippen molar-refractivity contribution in [2.75, 3.05) is 10.4 Å². The number of amides is 1. The van der Waals surface area contributed by atoms with Crippen LogP contribution >= 0.6 is 0 Å². The highest BCUT2D eigenvalue weighted by Gasteiger charge is 2.59. The van der Waals surface area contributed by atoms with Crippen molar-refractivity contribution in [3.05, 3.63) is 121 Å². The molecule has 4 aromatic rings. The van der Waals surface area contributed by atoms with Gasteiger partial charge in [0.15, 0.2) is 0 Å². The fraction of sp³-hybridized carbons (Fsp3) is 0.167. The second-order valence-electron chi connectivity index (χ2n) is 9.49. The molecule has 2 aliphatic heterocycles. The summed E-state index contributed by atoms with van der Waals surface area (Å²) in [6, 6.07) is 43.0. The molecule has 2 fully saturated rings. The van der Waals surface area contributed by atoms with Gasteiger partial charge in [-0.15, -0.1) is 0 Å². The van der Waals surface area contributed by atoms with Gasteiger partial charge in [-0.3, -0.25) is 9.63 Å². The Morgan fingerprint density at radius 3 is 1.80 bits per heavy atom. The third-order valence-corrected chi connectivity index (χ3v) is 12.6. The van der Waals surface area contributed by atoms with Crippen LogP contribution in [-0.4, -0.2) is 26.1 Å². The molecule has 2 aliphatic rings. The van der Waals surface area contributed by atoms with Gasteiger partial charge in [0.2, 0.25) is 5.91 Å². The maximum atomic E-state index is 13.8. The van der Waals surface area contributed by atoms with E-state index in [2.05, 4.69) is 66.0 Å². The van der Waals surface area contributed by atoms with Gasteiger partial charge in [-0.2, -0.15) is 0 Å². The SMILES string of the molecule is O=C(Nc1ccccc1)C1C2C[Si](c3ccccc3)(c3ccccc3)CC2ON1c1ccccc1. The second kappa shape index (κ2) is 9.17. The van der Waals surface area contributed by atoms with Crippen LogP contribution in [0.5, 0.6) is 0 Å². The first kappa shape index (κ1) is 21.8. The van der Waals surface area contributed by atoms with Crippen LogP contribution in [0.3, 0.4) is 0 Å². The van der Waals surface area contributed by atoms with Gasteiger partial charge in [-0.25, -0.2) is 5.06 Å². The van der Waals surface area contributed by atoms with Crippen LogP contribution in [0.15, 0.2) is 121 Å². The van der Waals surface area contributed by atoms with E-state index in [1.165, 1.54) is 10.4 Å². The van der Waals surface area contributed by atoms with E-state index in [9.17, 15) is 4.79 Å². The van der Waals surface area contributed by atoms with Gasteiger partial charge in [0, 0.05) is 11.6 Å². The molecule has 6 rings (SSSR count). The van der Waals surface area contributed by atoms with E-state index in [4.69, 9.17) is 4.84 Å². The lowest BCUT2D eigenvalue weighted by Gasteiger charge is -2.33. The molecular formula is C30H28N2O2Si. The monoisotopic (exact) mass is 476 g/mol. The average molecular weight is 477 g/mol. The third kappa shape index (κ3) is 3.97. The van der Waals surface area contributed by atoms with Crippen molar-refractivity contribution in [2.45, 2.75) is 24.2 Å². The van der Waals surface area contributed by atoms with Gasteiger partial charge in [0.1, 0.15) is 14.1 Å². The molecule has 0 bridgehead atoms. The fourth-order valence-corrected chi connectivity index (χ4v) is 11.4. The van der Waals surface area contributed by atoms with Crippen molar-refractivity contribution in [3.63, 3.8) is 0 Å². The molecule has 0 saturated carbocycles. The zero-order valence-corrected chi connectivity index (χ0v) is 20.5. The minimum absolute atomic E-state index is 0.00573. The molecule has 0 radical (unpaired) electrons. The zero-order valence-electron chi connectivity index (χ0n) is 19.5. The highest BCUT2D eigenvalue weighted by molar-refractivity contribution is 7.03. The van der Waals surface area contributed by atoms with Crippen LogP contribution in [0.2, 0.25) is 12.1 Å². The number of nitrogens with one attached hydrogen (secondary N) is 1. The van der Waals surface area contributed by atoms with Gasteiger partial charge in [-0.05, 0) is 36.4 Å². The molecule has 2 heterocycles. The summed E-state index contributed by atoms with van der Waals surface area (Å²) in [5.41, 5.74) is 1.73. The Morgan fingerprint density at radius 2 is 1.23 bits per heavy atom. The normalized spacial score (nSPS) is 22.5. The van der Waals surface area contributed by atoms with Gasteiger partial charge < -0.3 is 5.32 Å². The van der Waals surface area contributed by atoms with Gasteiger partial charge in [0.25, 0.3) is 0 Å². The minimum atomic E-state index is -2.12. The Morgan fingerprint density at radius 1 is 0.714 bits per heavy atom. The molecule has 0 aliphatic carbocycles. The number of hydrogen-bond acceptors (Lipinski definition) is 3. The number of carbonyl (C=O) groups excluding carboxylic acids is 1. The van der Waals surface area contributed by atoms with Crippen molar-refractivity contribution in [2.24, 2.45) is 5.92 Å². The first-order valence-corrected chi connectivity index (χ1v) is 14.6. The van der Waals surface area contributed by atoms with Gasteiger partial charge in [0.05, 0.1) is 11.8 Å². The third-order valence-electron chi connectivity index (χ3n) is 7.49. The molecule has 3 unspecified atom stereocenters. The summed E-state index contributed by atoms with van der Waals surface area (Å²) < 4.78 is 0. The van der Waals surface area contributed by atoms with E-state index in [-0.39, 0.29) is 17.9 Å². The van der Waals surface area contributed by atoms with E-state index >= 15 is 0 Å². The van der Waals surface area contributed by atoms with Crippen molar-refractivity contribution in [1.82, 2.24) is 0 Å². The predicted octanol–water partition coefficient (Wildman–Crippen LogP) is 4.71. The van der Waals surface area contributed by atoms with Gasteiger partial charge in [-0.1, -0.05) is 107 Å². The van der Waals surface area contributed by atoms with E-state index in [1.807, 2.05) is 65.7 Å². The number of benzene rings is 4. The van der Waals surface area contributed by atoms with Crippen LogP contribution in [0, 0.1) is 5.92 Å². The summed E-state index contributed by atoms with van der Waals surface area (Å²) in [5, 5.41) is 7.85. The lowest BCUT2D eigenvalue weighted by molar-refractivity contribution is -0.118. The van der Waals surface area contributed by atoms with Crippen LogP contribution < -0.4 is 20.8 Å². The molecular weight excluding hydrogens is 448 g/mol. The lowest BCUT2D eigenvalue weighted by Crippen LogP contribution is -2.57. The van der Waals surface area contributed by atoms with E-state index in [0.717, 1.165) is 23.5 Å². The molecule has 35 heavy (non-hydrogen) atoms. The molecule has 0 spiro atoms. The predicted molar refractivity (Wildman–Crippen MR) is 144 cm³/mol. The van der Waals surface area contributed by atoms with Crippen LogP contribution in [0.25, 0.3) is 0 Å². The summed E-state index contributed by atoms with van der Waals surface area (Å²) in [7, 11) is -2.12. The summed E-state index contributed by atoms with van der Waals surface area (Å²) in [6.07, 6.45) is -0.00573. The van der Waals surface area contributed by atoms with Crippen molar-refractivity contribution in [3.8, 4) is 0 Å². The van der Waals surface area contributed by atoms with E-state index < -0.39 is 14.1 Å². The maximum Gasteiger partial charge on any atom is 0.250 e. The quantitative estimate of drug-likeness (QED) is 0.424. The second-order valence-corrected chi connectivity index (χ2v) is 13.6. The number of carbonyl (C=O) groups is 1. The van der Waals surface area contributed by atoms with Crippen molar-refractivity contribution in [1.29, 1.82) is 0 Å². The van der Waals surface area contributed by atoms with Crippen molar-refractivity contribution < 1.29 is 9.63 Å². The molecule has 0 aromatic heterocycles. The number of fused-ring (bicyclic) bond motifs is 1. The Balaban J connectivity index is 1.40.